The van der Waals surface area contributed by atoms with Gasteiger partial charge in [0.1, 0.15) is 0 Å². The quantitative estimate of drug-likeness (QED) is 0.888. The average molecular weight is 281 g/mol. The van der Waals surface area contributed by atoms with E-state index in [0.717, 1.165) is 30.6 Å². The maximum Gasteiger partial charge on any atom is 0.0453 e. The molecule has 1 aromatic rings. The number of hydrogen-bond donors (Lipinski definition) is 1. The minimum atomic E-state index is 0.790. The first-order valence-corrected chi connectivity index (χ1v) is 7.75. The van der Waals surface area contributed by atoms with Gasteiger partial charge in [-0.1, -0.05) is 30.7 Å². The van der Waals surface area contributed by atoms with Gasteiger partial charge in [-0.2, -0.15) is 0 Å². The Bertz CT molecular complexity index is 406. The lowest BCUT2D eigenvalue weighted by Crippen LogP contribution is -2.39. The molecule has 2 nitrogen and oxygen atoms in total. The summed E-state index contributed by atoms with van der Waals surface area (Å²) in [6, 6.07) is 6.39. The monoisotopic (exact) mass is 280 g/mol. The van der Waals surface area contributed by atoms with Crippen LogP contribution in [0.4, 0.5) is 0 Å². The molecule has 0 bridgehead atoms. The maximum atomic E-state index is 6.33. The Hall–Kier alpha value is -0.570. The van der Waals surface area contributed by atoms with Gasteiger partial charge < -0.3 is 5.32 Å². The van der Waals surface area contributed by atoms with Gasteiger partial charge in [-0.05, 0) is 62.5 Å². The molecule has 0 spiro atoms. The highest BCUT2D eigenvalue weighted by molar-refractivity contribution is 6.31. The van der Waals surface area contributed by atoms with Gasteiger partial charge in [0.25, 0.3) is 0 Å². The van der Waals surface area contributed by atoms with E-state index in [1.807, 2.05) is 0 Å². The van der Waals surface area contributed by atoms with Gasteiger partial charge in [0, 0.05) is 18.1 Å². The predicted molar refractivity (Wildman–Crippen MR) is 82.7 cm³/mol. The smallest absolute Gasteiger partial charge is 0.0453 e. The van der Waals surface area contributed by atoms with E-state index < -0.39 is 0 Å². The number of hydrogen-bond acceptors (Lipinski definition) is 2. The lowest BCUT2D eigenvalue weighted by Gasteiger charge is -2.33. The van der Waals surface area contributed by atoms with Crippen molar-refractivity contribution >= 4 is 11.6 Å². The molecule has 1 heterocycles. The number of rotatable bonds is 5. The highest BCUT2D eigenvalue weighted by Gasteiger charge is 2.20. The van der Waals surface area contributed by atoms with Crippen LogP contribution in [0.2, 0.25) is 5.02 Å². The van der Waals surface area contributed by atoms with Crippen LogP contribution < -0.4 is 5.32 Å². The van der Waals surface area contributed by atoms with Gasteiger partial charge >= 0.3 is 0 Å². The minimum absolute atomic E-state index is 0.790. The summed E-state index contributed by atoms with van der Waals surface area (Å²) < 4.78 is 0. The Morgan fingerprint density at radius 1 is 1.42 bits per heavy atom. The van der Waals surface area contributed by atoms with Crippen LogP contribution in [0.1, 0.15) is 30.9 Å². The summed E-state index contributed by atoms with van der Waals surface area (Å²) in [6.07, 6.45) is 2.66. The van der Waals surface area contributed by atoms with Crippen molar-refractivity contribution in [3.63, 3.8) is 0 Å². The molecular formula is C16H25ClN2. The lowest BCUT2D eigenvalue weighted by molar-refractivity contribution is 0.166. The molecule has 1 aliphatic rings. The number of piperidine rings is 1. The SMILES string of the molecule is CCNCC1CCCN(Cc2ccc(C)cc2Cl)C1. The largest absolute Gasteiger partial charge is 0.317 e. The summed E-state index contributed by atoms with van der Waals surface area (Å²) >= 11 is 6.33. The van der Waals surface area contributed by atoms with Gasteiger partial charge in [-0.3, -0.25) is 4.90 Å². The van der Waals surface area contributed by atoms with Crippen molar-refractivity contribution in [1.29, 1.82) is 0 Å². The second-order valence-corrected chi connectivity index (χ2v) is 6.05. The standard InChI is InChI=1S/C16H25ClN2/c1-3-18-10-14-5-4-8-19(11-14)12-15-7-6-13(2)9-16(15)17/h6-7,9,14,18H,3-5,8,10-12H2,1-2H3. The summed E-state index contributed by atoms with van der Waals surface area (Å²) in [5.74, 6) is 0.790. The maximum absolute atomic E-state index is 6.33. The summed E-state index contributed by atoms with van der Waals surface area (Å²) in [5.41, 5.74) is 2.49. The van der Waals surface area contributed by atoms with Gasteiger partial charge in [-0.25, -0.2) is 0 Å². The van der Waals surface area contributed by atoms with Crippen LogP contribution in [-0.4, -0.2) is 31.1 Å². The third-order valence-corrected chi connectivity index (χ3v) is 4.24. The molecule has 0 radical (unpaired) electrons. The molecule has 1 unspecified atom stereocenters. The second-order valence-electron chi connectivity index (χ2n) is 5.65. The Kier molecular flexibility index (Phi) is 5.68. The van der Waals surface area contributed by atoms with Gasteiger partial charge in [0.2, 0.25) is 0 Å². The molecule has 1 aromatic carbocycles. The van der Waals surface area contributed by atoms with E-state index >= 15 is 0 Å². The molecule has 1 aliphatic heterocycles. The Morgan fingerprint density at radius 2 is 2.26 bits per heavy atom. The van der Waals surface area contributed by atoms with E-state index in [4.69, 9.17) is 11.6 Å². The molecule has 3 heteroatoms. The van der Waals surface area contributed by atoms with Crippen molar-refractivity contribution in [3.8, 4) is 0 Å². The van der Waals surface area contributed by atoms with E-state index in [0.29, 0.717) is 0 Å². The number of halogens is 1. The van der Waals surface area contributed by atoms with Crippen LogP contribution in [0, 0.1) is 12.8 Å². The van der Waals surface area contributed by atoms with Crippen molar-refractivity contribution in [3.05, 3.63) is 34.3 Å². The summed E-state index contributed by atoms with van der Waals surface area (Å²) in [6.45, 7) is 9.86. The predicted octanol–water partition coefficient (Wildman–Crippen LogP) is 3.47. The first-order chi connectivity index (χ1) is 9.19. The van der Waals surface area contributed by atoms with Crippen LogP contribution in [0.25, 0.3) is 0 Å². The topological polar surface area (TPSA) is 15.3 Å². The molecular weight excluding hydrogens is 256 g/mol. The molecule has 1 fully saturated rings. The van der Waals surface area contributed by atoms with Crippen LogP contribution in [0.5, 0.6) is 0 Å². The first kappa shape index (κ1) is 14.8. The number of aryl methyl sites for hydroxylation is 1. The van der Waals surface area contributed by atoms with Crippen molar-refractivity contribution < 1.29 is 0 Å². The number of benzene rings is 1. The normalized spacial score (nSPS) is 20.7. The Morgan fingerprint density at radius 3 is 3.00 bits per heavy atom. The van der Waals surface area contributed by atoms with Crippen LogP contribution in [0.3, 0.4) is 0 Å². The average Bonchev–Trinajstić information content (AvgIpc) is 2.40. The summed E-state index contributed by atoms with van der Waals surface area (Å²) in [7, 11) is 0. The molecule has 1 saturated heterocycles. The summed E-state index contributed by atoms with van der Waals surface area (Å²) in [5, 5.41) is 4.38. The third-order valence-electron chi connectivity index (χ3n) is 3.89. The first-order valence-electron chi connectivity index (χ1n) is 7.37. The van der Waals surface area contributed by atoms with Crippen molar-refractivity contribution in [1.82, 2.24) is 10.2 Å². The van der Waals surface area contributed by atoms with Crippen LogP contribution in [-0.2, 0) is 6.54 Å². The molecule has 0 amide bonds. The minimum Gasteiger partial charge on any atom is -0.317 e. The molecule has 0 saturated carbocycles. The van der Waals surface area contributed by atoms with Gasteiger partial charge in [0.15, 0.2) is 0 Å². The molecule has 1 N–H and O–H groups in total. The lowest BCUT2D eigenvalue weighted by atomic mass is 9.97. The van der Waals surface area contributed by atoms with Crippen molar-refractivity contribution in [2.45, 2.75) is 33.2 Å². The van der Waals surface area contributed by atoms with E-state index in [1.165, 1.54) is 37.1 Å². The second kappa shape index (κ2) is 7.28. The van der Waals surface area contributed by atoms with E-state index in [9.17, 15) is 0 Å². The van der Waals surface area contributed by atoms with E-state index in [2.05, 4.69) is 42.3 Å². The molecule has 19 heavy (non-hydrogen) atoms. The van der Waals surface area contributed by atoms with Crippen LogP contribution in [0.15, 0.2) is 18.2 Å². The fourth-order valence-corrected chi connectivity index (χ4v) is 3.13. The number of nitrogens with one attached hydrogen (secondary N) is 1. The highest BCUT2D eigenvalue weighted by atomic mass is 35.5. The van der Waals surface area contributed by atoms with E-state index in [1.54, 1.807) is 0 Å². The fourth-order valence-electron chi connectivity index (χ4n) is 2.83. The fraction of sp³-hybridized carbons (Fsp3) is 0.625. The van der Waals surface area contributed by atoms with Crippen LogP contribution >= 0.6 is 11.6 Å². The Balaban J connectivity index is 1.91. The van der Waals surface area contributed by atoms with Crippen molar-refractivity contribution in [2.75, 3.05) is 26.2 Å². The van der Waals surface area contributed by atoms with Gasteiger partial charge in [-0.15, -0.1) is 0 Å². The Labute approximate surface area is 122 Å². The molecule has 2 rings (SSSR count). The summed E-state index contributed by atoms with van der Waals surface area (Å²) in [4.78, 5) is 2.54. The zero-order valence-electron chi connectivity index (χ0n) is 12.1. The number of likely N-dealkylation sites (tertiary alicyclic amines) is 1. The highest BCUT2D eigenvalue weighted by Crippen LogP contribution is 2.22. The number of nitrogens with zero attached hydrogens (tertiary/aromatic N) is 1. The molecule has 0 aliphatic carbocycles. The molecule has 106 valence electrons. The van der Waals surface area contributed by atoms with Crippen molar-refractivity contribution in [2.24, 2.45) is 5.92 Å². The zero-order chi connectivity index (χ0) is 13.7. The zero-order valence-corrected chi connectivity index (χ0v) is 12.8. The molecule has 0 aromatic heterocycles. The molecule has 1 atom stereocenters. The van der Waals surface area contributed by atoms with E-state index in [-0.39, 0.29) is 0 Å². The third kappa shape index (κ3) is 4.48. The van der Waals surface area contributed by atoms with Gasteiger partial charge in [0.05, 0.1) is 0 Å².